The molecule has 1 fully saturated rings. The maximum atomic E-state index is 13.5. The number of carbonyl (C=O) groups is 1. The van der Waals surface area contributed by atoms with E-state index in [0.717, 1.165) is 26.1 Å². The van der Waals surface area contributed by atoms with Gasteiger partial charge in [-0.3, -0.25) is 4.79 Å². The largest absolute Gasteiger partial charge is 0.380 e. The maximum absolute atomic E-state index is 13.5. The summed E-state index contributed by atoms with van der Waals surface area (Å²) in [5.74, 6) is 0.140. The van der Waals surface area contributed by atoms with Crippen LogP contribution in [-0.2, 0) is 11.3 Å². The molecular formula is C15H21FN2O2. The quantitative estimate of drug-likeness (QED) is 0.892. The minimum atomic E-state index is -0.335. The van der Waals surface area contributed by atoms with Crippen LogP contribution in [0.2, 0.25) is 0 Å². The van der Waals surface area contributed by atoms with E-state index in [4.69, 9.17) is 4.74 Å². The van der Waals surface area contributed by atoms with Gasteiger partial charge in [0.15, 0.2) is 0 Å². The molecule has 20 heavy (non-hydrogen) atoms. The Morgan fingerprint density at radius 1 is 1.55 bits per heavy atom. The van der Waals surface area contributed by atoms with Gasteiger partial charge in [-0.2, -0.15) is 0 Å². The molecule has 1 heterocycles. The molecule has 0 radical (unpaired) electrons. The molecule has 110 valence electrons. The van der Waals surface area contributed by atoms with Gasteiger partial charge in [0, 0.05) is 31.3 Å². The summed E-state index contributed by atoms with van der Waals surface area (Å²) in [5.41, 5.74) is 0.952. The number of amides is 1. The molecule has 1 N–H and O–H groups in total. The first-order valence-electron chi connectivity index (χ1n) is 6.87. The normalized spacial score (nSPS) is 18.6. The summed E-state index contributed by atoms with van der Waals surface area (Å²) in [7, 11) is 3.43. The number of ether oxygens (including phenoxy) is 1. The van der Waals surface area contributed by atoms with Crippen molar-refractivity contribution in [1.82, 2.24) is 10.2 Å². The third kappa shape index (κ3) is 3.35. The molecule has 1 aromatic rings. The number of nitrogens with one attached hydrogen (secondary N) is 1. The predicted octanol–water partition coefficient (Wildman–Crippen LogP) is 1.65. The van der Waals surface area contributed by atoms with Crippen molar-refractivity contribution in [2.24, 2.45) is 5.92 Å². The highest BCUT2D eigenvalue weighted by Gasteiger charge is 2.26. The molecule has 5 heteroatoms. The van der Waals surface area contributed by atoms with E-state index in [2.05, 4.69) is 5.32 Å². The molecular weight excluding hydrogens is 259 g/mol. The number of carbonyl (C=O) groups excluding carboxylic acids is 1. The second-order valence-electron chi connectivity index (χ2n) is 5.20. The number of halogens is 1. The maximum Gasteiger partial charge on any atom is 0.253 e. The van der Waals surface area contributed by atoms with Crippen LogP contribution in [-0.4, -0.2) is 44.6 Å². The number of benzene rings is 1. The van der Waals surface area contributed by atoms with E-state index < -0.39 is 0 Å². The van der Waals surface area contributed by atoms with Crippen LogP contribution in [0.25, 0.3) is 0 Å². The van der Waals surface area contributed by atoms with Crippen LogP contribution >= 0.6 is 0 Å². The van der Waals surface area contributed by atoms with Crippen LogP contribution in [0.4, 0.5) is 4.39 Å². The van der Waals surface area contributed by atoms with Gasteiger partial charge < -0.3 is 15.0 Å². The van der Waals surface area contributed by atoms with Crippen LogP contribution in [0.1, 0.15) is 22.3 Å². The highest BCUT2D eigenvalue weighted by atomic mass is 19.1. The number of hydrogen-bond acceptors (Lipinski definition) is 3. The lowest BCUT2D eigenvalue weighted by Crippen LogP contribution is -2.30. The topological polar surface area (TPSA) is 41.6 Å². The van der Waals surface area contributed by atoms with Gasteiger partial charge in [-0.25, -0.2) is 4.39 Å². The van der Waals surface area contributed by atoms with Crippen molar-refractivity contribution in [3.8, 4) is 0 Å². The molecule has 0 spiro atoms. The Hall–Kier alpha value is -1.46. The molecule has 2 rings (SSSR count). The fraction of sp³-hybridized carbons (Fsp3) is 0.533. The van der Waals surface area contributed by atoms with Crippen molar-refractivity contribution < 1.29 is 13.9 Å². The summed E-state index contributed by atoms with van der Waals surface area (Å²) >= 11 is 0. The molecule has 1 aromatic carbocycles. The molecule has 1 saturated heterocycles. The van der Waals surface area contributed by atoms with Crippen molar-refractivity contribution in [2.45, 2.75) is 13.0 Å². The second-order valence-corrected chi connectivity index (χ2v) is 5.20. The highest BCUT2D eigenvalue weighted by Crippen LogP contribution is 2.19. The van der Waals surface area contributed by atoms with Crippen molar-refractivity contribution >= 4 is 5.91 Å². The van der Waals surface area contributed by atoms with Gasteiger partial charge in [-0.05, 0) is 44.1 Å². The van der Waals surface area contributed by atoms with E-state index in [0.29, 0.717) is 17.0 Å². The molecule has 1 amide bonds. The van der Waals surface area contributed by atoms with E-state index in [1.807, 2.05) is 11.9 Å². The van der Waals surface area contributed by atoms with Gasteiger partial charge in [0.1, 0.15) is 5.82 Å². The molecule has 1 atom stereocenters. The summed E-state index contributed by atoms with van der Waals surface area (Å²) in [6.45, 7) is 2.62. The zero-order chi connectivity index (χ0) is 14.5. The number of methoxy groups -OCH3 is 1. The van der Waals surface area contributed by atoms with Gasteiger partial charge in [-0.1, -0.05) is 0 Å². The zero-order valence-electron chi connectivity index (χ0n) is 12.0. The zero-order valence-corrected chi connectivity index (χ0v) is 12.0. The van der Waals surface area contributed by atoms with Crippen molar-refractivity contribution in [3.63, 3.8) is 0 Å². The van der Waals surface area contributed by atoms with E-state index in [9.17, 15) is 9.18 Å². The minimum absolute atomic E-state index is 0.0269. The van der Waals surface area contributed by atoms with Crippen molar-refractivity contribution in [3.05, 3.63) is 35.1 Å². The number of likely N-dealkylation sites (tertiary alicyclic amines) is 1. The molecule has 4 nitrogen and oxygen atoms in total. The Balaban J connectivity index is 2.08. The van der Waals surface area contributed by atoms with Gasteiger partial charge in [0.25, 0.3) is 5.91 Å². The smallest absolute Gasteiger partial charge is 0.253 e. The predicted molar refractivity (Wildman–Crippen MR) is 75.1 cm³/mol. The van der Waals surface area contributed by atoms with E-state index in [-0.39, 0.29) is 18.3 Å². The lowest BCUT2D eigenvalue weighted by Gasteiger charge is -2.17. The summed E-state index contributed by atoms with van der Waals surface area (Å²) in [6.07, 6.45) is 1.01. The van der Waals surface area contributed by atoms with E-state index in [1.165, 1.54) is 13.2 Å². The first-order chi connectivity index (χ1) is 9.65. The van der Waals surface area contributed by atoms with Crippen molar-refractivity contribution in [1.29, 1.82) is 0 Å². The summed E-state index contributed by atoms with van der Waals surface area (Å²) in [6, 6.07) is 4.47. The lowest BCUT2D eigenvalue weighted by atomic mass is 10.1. The van der Waals surface area contributed by atoms with Gasteiger partial charge in [-0.15, -0.1) is 0 Å². The number of rotatable bonds is 5. The summed E-state index contributed by atoms with van der Waals surface area (Å²) in [5, 5.41) is 3.14. The van der Waals surface area contributed by atoms with E-state index in [1.54, 1.807) is 12.1 Å². The Bertz CT molecular complexity index is 479. The van der Waals surface area contributed by atoms with Crippen LogP contribution in [0.5, 0.6) is 0 Å². The molecule has 0 bridgehead atoms. The van der Waals surface area contributed by atoms with Gasteiger partial charge >= 0.3 is 0 Å². The molecule has 1 unspecified atom stereocenters. The van der Waals surface area contributed by atoms with Crippen molar-refractivity contribution in [2.75, 3.05) is 33.8 Å². The first-order valence-corrected chi connectivity index (χ1v) is 6.87. The molecule has 1 aliphatic heterocycles. The molecule has 0 aromatic heterocycles. The number of hydrogen-bond donors (Lipinski definition) is 1. The molecule has 1 aliphatic rings. The monoisotopic (exact) mass is 280 g/mol. The Morgan fingerprint density at radius 3 is 3.05 bits per heavy atom. The fourth-order valence-corrected chi connectivity index (χ4v) is 2.63. The summed E-state index contributed by atoms with van der Waals surface area (Å²) in [4.78, 5) is 14.2. The second kappa shape index (κ2) is 6.81. The van der Waals surface area contributed by atoms with Gasteiger partial charge in [0.05, 0.1) is 6.61 Å². The van der Waals surface area contributed by atoms with Crippen LogP contribution < -0.4 is 5.32 Å². The highest BCUT2D eigenvalue weighted by molar-refractivity contribution is 5.94. The summed E-state index contributed by atoms with van der Waals surface area (Å²) < 4.78 is 18.5. The minimum Gasteiger partial charge on any atom is -0.380 e. The van der Waals surface area contributed by atoms with Crippen LogP contribution in [0, 0.1) is 11.7 Å². The Labute approximate surface area is 118 Å². The van der Waals surface area contributed by atoms with Gasteiger partial charge in [0.2, 0.25) is 0 Å². The standard InChI is InChI=1S/C15H21FN2O2/c1-17-8-11-5-6-18(9-11)15(19)12-3-4-14(16)13(7-12)10-20-2/h3-4,7,11,17H,5-6,8-10H2,1-2H3. The van der Waals surface area contributed by atoms with Crippen LogP contribution in [0.15, 0.2) is 18.2 Å². The van der Waals surface area contributed by atoms with E-state index >= 15 is 0 Å². The molecule has 0 saturated carbocycles. The fourth-order valence-electron chi connectivity index (χ4n) is 2.63. The number of nitrogens with zero attached hydrogens (tertiary/aromatic N) is 1. The average Bonchev–Trinajstić information content (AvgIpc) is 2.90. The first kappa shape index (κ1) is 14.9. The lowest BCUT2D eigenvalue weighted by molar-refractivity contribution is 0.0786. The Kier molecular flexibility index (Phi) is 5.09. The van der Waals surface area contributed by atoms with Crippen LogP contribution in [0.3, 0.4) is 0 Å². The molecule has 0 aliphatic carbocycles. The Morgan fingerprint density at radius 2 is 2.35 bits per heavy atom. The SMILES string of the molecule is CNCC1CCN(C(=O)c2ccc(F)c(COC)c2)C1. The third-order valence-corrected chi connectivity index (χ3v) is 3.66. The average molecular weight is 280 g/mol. The third-order valence-electron chi connectivity index (χ3n) is 3.66.